The van der Waals surface area contributed by atoms with Crippen LogP contribution in [-0.2, 0) is 6.54 Å². The molecule has 0 aliphatic heterocycles. The Kier molecular flexibility index (Phi) is 4.45. The van der Waals surface area contributed by atoms with Crippen molar-refractivity contribution in [3.8, 4) is 0 Å². The molecule has 2 rings (SSSR count). The van der Waals surface area contributed by atoms with Gasteiger partial charge in [-0.3, -0.25) is 4.79 Å². The van der Waals surface area contributed by atoms with E-state index < -0.39 is 5.91 Å². The van der Waals surface area contributed by atoms with Crippen molar-refractivity contribution in [2.45, 2.75) is 6.54 Å². The summed E-state index contributed by atoms with van der Waals surface area (Å²) >= 11 is 9.36. The molecule has 98 valence electrons. The third-order valence-corrected chi connectivity index (χ3v) is 3.89. The van der Waals surface area contributed by atoms with Gasteiger partial charge in [0.25, 0.3) is 0 Å². The first-order valence-electron chi connectivity index (χ1n) is 5.64. The van der Waals surface area contributed by atoms with Gasteiger partial charge in [-0.25, -0.2) is 0 Å². The van der Waals surface area contributed by atoms with Crippen molar-refractivity contribution in [2.75, 3.05) is 5.32 Å². The number of halogens is 2. The number of carbonyl (C=O) groups is 1. The van der Waals surface area contributed by atoms with Crippen molar-refractivity contribution in [1.29, 1.82) is 0 Å². The Hall–Kier alpha value is -1.52. The van der Waals surface area contributed by atoms with E-state index in [1.807, 2.05) is 30.3 Å². The number of carbonyl (C=O) groups excluding carboxylic acids is 1. The van der Waals surface area contributed by atoms with E-state index in [-0.39, 0.29) is 0 Å². The minimum absolute atomic E-state index is 0.417. The number of rotatable bonds is 4. The maximum atomic E-state index is 10.9. The van der Waals surface area contributed by atoms with Gasteiger partial charge in [0.2, 0.25) is 5.91 Å². The third kappa shape index (κ3) is 3.72. The summed E-state index contributed by atoms with van der Waals surface area (Å²) in [4.78, 5) is 10.9. The van der Waals surface area contributed by atoms with E-state index in [9.17, 15) is 4.79 Å². The molecule has 2 aromatic rings. The molecule has 5 heteroatoms. The molecule has 2 aromatic carbocycles. The summed E-state index contributed by atoms with van der Waals surface area (Å²) in [5.74, 6) is -0.417. The smallest absolute Gasteiger partial charge is 0.248 e. The molecule has 3 N–H and O–H groups in total. The first-order chi connectivity index (χ1) is 9.06. The van der Waals surface area contributed by atoms with E-state index in [2.05, 4.69) is 21.2 Å². The van der Waals surface area contributed by atoms with Crippen LogP contribution >= 0.6 is 27.5 Å². The van der Waals surface area contributed by atoms with Crippen LogP contribution in [0.5, 0.6) is 0 Å². The summed E-state index contributed by atoms with van der Waals surface area (Å²) in [6.07, 6.45) is 0. The first kappa shape index (κ1) is 13.9. The third-order valence-electron chi connectivity index (χ3n) is 2.65. The maximum Gasteiger partial charge on any atom is 0.248 e. The maximum absolute atomic E-state index is 10.9. The van der Waals surface area contributed by atoms with E-state index in [4.69, 9.17) is 17.3 Å². The van der Waals surface area contributed by atoms with Gasteiger partial charge in [0.05, 0.1) is 5.02 Å². The van der Waals surface area contributed by atoms with Gasteiger partial charge in [0, 0.05) is 22.3 Å². The van der Waals surface area contributed by atoms with E-state index in [0.29, 0.717) is 17.1 Å². The Labute approximate surface area is 124 Å². The van der Waals surface area contributed by atoms with E-state index in [0.717, 1.165) is 15.7 Å². The molecular formula is C14H12BrClN2O. The van der Waals surface area contributed by atoms with Crippen molar-refractivity contribution in [2.24, 2.45) is 5.73 Å². The summed E-state index contributed by atoms with van der Waals surface area (Å²) < 4.78 is 0.866. The van der Waals surface area contributed by atoms with Crippen LogP contribution < -0.4 is 11.1 Å². The number of primary amides is 1. The molecule has 0 unspecified atom stereocenters. The molecule has 3 nitrogen and oxygen atoms in total. The average molecular weight is 340 g/mol. The molecule has 0 saturated heterocycles. The van der Waals surface area contributed by atoms with Crippen LogP contribution in [0.3, 0.4) is 0 Å². The molecule has 0 atom stereocenters. The molecule has 19 heavy (non-hydrogen) atoms. The number of nitrogens with one attached hydrogen (secondary N) is 1. The fourth-order valence-electron chi connectivity index (χ4n) is 1.60. The van der Waals surface area contributed by atoms with Gasteiger partial charge in [0.1, 0.15) is 0 Å². The Morgan fingerprint density at radius 1 is 1.21 bits per heavy atom. The minimum atomic E-state index is -0.417. The van der Waals surface area contributed by atoms with Crippen molar-refractivity contribution in [1.82, 2.24) is 0 Å². The first-order valence-corrected chi connectivity index (χ1v) is 6.81. The molecular weight excluding hydrogens is 328 g/mol. The lowest BCUT2D eigenvalue weighted by atomic mass is 10.1. The quantitative estimate of drug-likeness (QED) is 0.890. The highest BCUT2D eigenvalue weighted by Crippen LogP contribution is 2.25. The topological polar surface area (TPSA) is 55.1 Å². The summed E-state index contributed by atoms with van der Waals surface area (Å²) in [5.41, 5.74) is 7.69. The van der Waals surface area contributed by atoms with Gasteiger partial charge < -0.3 is 11.1 Å². The largest absolute Gasteiger partial charge is 0.381 e. The standard InChI is InChI=1S/C14H12BrClN2O/c15-12-6-5-11(7-13(12)16)18-8-9-1-3-10(4-2-9)14(17)19/h1-7,18H,8H2,(H2,17,19). The SMILES string of the molecule is NC(=O)c1ccc(CNc2ccc(Br)c(Cl)c2)cc1. The molecule has 0 aliphatic rings. The highest BCUT2D eigenvalue weighted by molar-refractivity contribution is 9.10. The number of anilines is 1. The van der Waals surface area contributed by atoms with Crippen LogP contribution in [0, 0.1) is 0 Å². The lowest BCUT2D eigenvalue weighted by Gasteiger charge is -2.08. The molecule has 0 radical (unpaired) electrons. The van der Waals surface area contributed by atoms with Gasteiger partial charge in [0.15, 0.2) is 0 Å². The summed E-state index contributed by atoms with van der Waals surface area (Å²) in [6, 6.07) is 12.8. The Morgan fingerprint density at radius 3 is 2.47 bits per heavy atom. The second-order valence-corrected chi connectivity index (χ2v) is 5.31. The van der Waals surface area contributed by atoms with Crippen LogP contribution in [0.15, 0.2) is 46.9 Å². The molecule has 0 spiro atoms. The van der Waals surface area contributed by atoms with Crippen LogP contribution in [-0.4, -0.2) is 5.91 Å². The van der Waals surface area contributed by atoms with Crippen LogP contribution in [0.2, 0.25) is 5.02 Å². The lowest BCUT2D eigenvalue weighted by molar-refractivity contribution is 0.100. The number of hydrogen-bond donors (Lipinski definition) is 2. The van der Waals surface area contributed by atoms with Gasteiger partial charge >= 0.3 is 0 Å². The summed E-state index contributed by atoms with van der Waals surface area (Å²) in [5, 5.41) is 3.92. The van der Waals surface area contributed by atoms with Gasteiger partial charge in [-0.1, -0.05) is 23.7 Å². The van der Waals surface area contributed by atoms with Gasteiger partial charge in [-0.15, -0.1) is 0 Å². The van der Waals surface area contributed by atoms with Crippen molar-refractivity contribution < 1.29 is 4.79 Å². The number of hydrogen-bond acceptors (Lipinski definition) is 2. The average Bonchev–Trinajstić information content (AvgIpc) is 2.40. The highest BCUT2D eigenvalue weighted by Gasteiger charge is 2.01. The van der Waals surface area contributed by atoms with Crippen LogP contribution in [0.1, 0.15) is 15.9 Å². The minimum Gasteiger partial charge on any atom is -0.381 e. The van der Waals surface area contributed by atoms with Crippen molar-refractivity contribution >= 4 is 39.1 Å². The normalized spacial score (nSPS) is 10.2. The number of amides is 1. The summed E-state index contributed by atoms with van der Waals surface area (Å²) in [7, 11) is 0. The number of benzene rings is 2. The van der Waals surface area contributed by atoms with Crippen LogP contribution in [0.4, 0.5) is 5.69 Å². The molecule has 1 amide bonds. The zero-order valence-corrected chi connectivity index (χ0v) is 12.3. The fraction of sp³-hybridized carbons (Fsp3) is 0.0714. The Balaban J connectivity index is 2.01. The number of nitrogens with two attached hydrogens (primary N) is 1. The van der Waals surface area contributed by atoms with E-state index in [1.165, 1.54) is 0 Å². The Bertz CT molecular complexity index is 599. The van der Waals surface area contributed by atoms with Crippen molar-refractivity contribution in [3.05, 3.63) is 63.1 Å². The summed E-state index contributed by atoms with van der Waals surface area (Å²) in [6.45, 7) is 0.650. The van der Waals surface area contributed by atoms with Gasteiger partial charge in [-0.2, -0.15) is 0 Å². The van der Waals surface area contributed by atoms with Crippen molar-refractivity contribution in [3.63, 3.8) is 0 Å². The molecule has 0 bridgehead atoms. The molecule has 0 heterocycles. The zero-order valence-electron chi connectivity index (χ0n) is 9.99. The van der Waals surface area contributed by atoms with Gasteiger partial charge in [-0.05, 0) is 51.8 Å². The molecule has 0 aliphatic carbocycles. The predicted molar refractivity (Wildman–Crippen MR) is 81.4 cm³/mol. The second-order valence-electron chi connectivity index (χ2n) is 4.04. The fourth-order valence-corrected chi connectivity index (χ4v) is 2.02. The van der Waals surface area contributed by atoms with Crippen LogP contribution in [0.25, 0.3) is 0 Å². The Morgan fingerprint density at radius 2 is 1.89 bits per heavy atom. The monoisotopic (exact) mass is 338 g/mol. The molecule has 0 fully saturated rings. The van der Waals surface area contributed by atoms with E-state index in [1.54, 1.807) is 12.1 Å². The zero-order chi connectivity index (χ0) is 13.8. The van der Waals surface area contributed by atoms with E-state index >= 15 is 0 Å². The predicted octanol–water partition coefficient (Wildman–Crippen LogP) is 3.81. The highest BCUT2D eigenvalue weighted by atomic mass is 79.9. The molecule has 0 saturated carbocycles. The second kappa shape index (κ2) is 6.08. The lowest BCUT2D eigenvalue weighted by Crippen LogP contribution is -2.10. The molecule has 0 aromatic heterocycles.